The quantitative estimate of drug-likeness (QED) is 0.644. The van der Waals surface area contributed by atoms with Crippen LogP contribution in [0.2, 0.25) is 5.02 Å². The summed E-state index contributed by atoms with van der Waals surface area (Å²) in [4.78, 5) is 7.93. The van der Waals surface area contributed by atoms with Crippen molar-refractivity contribution in [2.75, 3.05) is 12.1 Å². The van der Waals surface area contributed by atoms with Gasteiger partial charge in [0.25, 0.3) is 0 Å². The molecular weight excluding hydrogens is 347 g/mol. The van der Waals surface area contributed by atoms with Crippen LogP contribution in [0.1, 0.15) is 0 Å². The summed E-state index contributed by atoms with van der Waals surface area (Å²) in [6.07, 6.45) is -2.87. The summed E-state index contributed by atoms with van der Waals surface area (Å²) in [5, 5.41) is 1.11. The number of allylic oxidation sites excluding steroid dienone is 1. The molecule has 0 saturated heterocycles. The van der Waals surface area contributed by atoms with Crippen LogP contribution in [0.4, 0.5) is 18.9 Å². The van der Waals surface area contributed by atoms with Crippen LogP contribution in [-0.4, -0.2) is 23.3 Å². The summed E-state index contributed by atoms with van der Waals surface area (Å²) in [6.45, 7) is 0. The summed E-state index contributed by atoms with van der Waals surface area (Å²) in [5.41, 5.74) is 4.62. The minimum Gasteiger partial charge on any atom is -0.481 e. The van der Waals surface area contributed by atoms with Gasteiger partial charge in [-0.05, 0) is 18.2 Å². The molecule has 1 aromatic heterocycles. The van der Waals surface area contributed by atoms with Crippen LogP contribution in [0.25, 0.3) is 11.3 Å². The largest absolute Gasteiger partial charge is 0.481 e. The van der Waals surface area contributed by atoms with E-state index in [-0.39, 0.29) is 11.6 Å². The Morgan fingerprint density at radius 1 is 1.29 bits per heavy atom. The van der Waals surface area contributed by atoms with Crippen LogP contribution in [-0.2, 0) is 0 Å². The number of methoxy groups -OCH3 is 1. The van der Waals surface area contributed by atoms with E-state index < -0.39 is 11.9 Å². The average Bonchev–Trinajstić information content (AvgIpc) is 2.53. The molecule has 10 heteroatoms. The molecule has 0 saturated carbocycles. The second kappa shape index (κ2) is 6.93. The number of halogens is 4. The van der Waals surface area contributed by atoms with E-state index in [1.54, 1.807) is 0 Å². The normalized spacial score (nSPS) is 12.2. The molecule has 4 N–H and O–H groups in total. The maximum Gasteiger partial charge on any atom is 0.432 e. The lowest BCUT2D eigenvalue weighted by atomic mass is 10.1. The Labute approximate surface area is 140 Å². The highest BCUT2D eigenvalue weighted by molar-refractivity contribution is 6.31. The Hall–Kier alpha value is -2.52. The van der Waals surface area contributed by atoms with Gasteiger partial charge in [-0.1, -0.05) is 11.6 Å². The Bertz CT molecular complexity index is 766. The molecule has 0 aliphatic heterocycles. The number of nitrogens with zero attached hydrogens (tertiary/aromatic N) is 3. The summed E-state index contributed by atoms with van der Waals surface area (Å²) < 4.78 is 42.7. The van der Waals surface area contributed by atoms with Crippen LogP contribution >= 0.6 is 11.6 Å². The van der Waals surface area contributed by atoms with Gasteiger partial charge in [0.1, 0.15) is 12.0 Å². The second-order valence-corrected chi connectivity index (χ2v) is 5.03. The van der Waals surface area contributed by atoms with Crippen molar-refractivity contribution in [1.29, 1.82) is 0 Å². The number of hydrazine groups is 1. The topological polar surface area (TPSA) is 90.3 Å². The minimum absolute atomic E-state index is 0.215. The van der Waals surface area contributed by atoms with Gasteiger partial charge in [0, 0.05) is 22.9 Å². The van der Waals surface area contributed by atoms with E-state index in [2.05, 4.69) is 9.97 Å². The van der Waals surface area contributed by atoms with Crippen molar-refractivity contribution in [3.05, 3.63) is 47.5 Å². The van der Waals surface area contributed by atoms with Gasteiger partial charge >= 0.3 is 6.18 Å². The Kier molecular flexibility index (Phi) is 5.15. The first kappa shape index (κ1) is 17.8. The van der Waals surface area contributed by atoms with Crippen LogP contribution < -0.4 is 21.3 Å². The van der Waals surface area contributed by atoms with Crippen molar-refractivity contribution in [2.24, 2.45) is 11.6 Å². The second-order valence-electron chi connectivity index (χ2n) is 4.60. The lowest BCUT2D eigenvalue weighted by Crippen LogP contribution is -2.30. The molecule has 0 radical (unpaired) electrons. The van der Waals surface area contributed by atoms with Gasteiger partial charge in [0.05, 0.1) is 18.5 Å². The molecule has 0 fully saturated rings. The van der Waals surface area contributed by atoms with Crippen molar-refractivity contribution in [2.45, 2.75) is 6.18 Å². The SMILES string of the molecule is COc1cc(-c2cc(Cl)ccc2N(N)/C=C(\N)C(F)(F)F)ncn1. The third kappa shape index (κ3) is 4.06. The lowest BCUT2D eigenvalue weighted by Gasteiger charge is -2.19. The highest BCUT2D eigenvalue weighted by Gasteiger charge is 2.32. The molecule has 2 aromatic rings. The first-order valence-corrected chi connectivity index (χ1v) is 6.84. The molecule has 6 nitrogen and oxygen atoms in total. The van der Waals surface area contributed by atoms with Crippen molar-refractivity contribution < 1.29 is 17.9 Å². The first-order chi connectivity index (χ1) is 11.2. The van der Waals surface area contributed by atoms with E-state index in [0.717, 1.165) is 5.01 Å². The Morgan fingerprint density at radius 2 is 2.00 bits per heavy atom. The predicted molar refractivity (Wildman–Crippen MR) is 84.0 cm³/mol. The molecule has 0 bridgehead atoms. The fourth-order valence-electron chi connectivity index (χ4n) is 1.83. The number of benzene rings is 1. The molecule has 2 rings (SSSR count). The maximum atomic E-state index is 12.6. The number of alkyl halides is 3. The van der Waals surface area contributed by atoms with Crippen LogP contribution in [0.15, 0.2) is 42.5 Å². The zero-order chi connectivity index (χ0) is 17.9. The van der Waals surface area contributed by atoms with Gasteiger partial charge in [0.2, 0.25) is 5.88 Å². The van der Waals surface area contributed by atoms with Crippen molar-refractivity contribution >= 4 is 17.3 Å². The highest BCUT2D eigenvalue weighted by Crippen LogP contribution is 2.33. The standard InChI is InChI=1S/C14H13ClF3N5O/c1-24-13-5-10(21-7-22-13)9-4-8(15)2-3-11(9)23(20)6-12(19)14(16,17)18/h2-7H,19-20H2,1H3/b12-6-. The Balaban J connectivity index is 2.52. The van der Waals surface area contributed by atoms with Gasteiger partial charge in [-0.25, -0.2) is 15.8 Å². The molecule has 0 amide bonds. The van der Waals surface area contributed by atoms with Crippen molar-refractivity contribution in [3.63, 3.8) is 0 Å². The van der Waals surface area contributed by atoms with E-state index in [9.17, 15) is 13.2 Å². The molecule has 24 heavy (non-hydrogen) atoms. The predicted octanol–water partition coefficient (Wildman–Crippen LogP) is 2.85. The minimum atomic E-state index is -4.69. The van der Waals surface area contributed by atoms with Crippen LogP contribution in [0.5, 0.6) is 5.88 Å². The van der Waals surface area contributed by atoms with E-state index >= 15 is 0 Å². The fraction of sp³-hybridized carbons (Fsp3) is 0.143. The van der Waals surface area contributed by atoms with E-state index in [0.29, 0.717) is 22.5 Å². The summed E-state index contributed by atoms with van der Waals surface area (Å²) in [6, 6.07) is 5.94. The number of aromatic nitrogens is 2. The van der Waals surface area contributed by atoms with Gasteiger partial charge in [0.15, 0.2) is 0 Å². The molecule has 1 aromatic carbocycles. The van der Waals surface area contributed by atoms with Crippen molar-refractivity contribution in [1.82, 2.24) is 9.97 Å². The number of hydrogen-bond acceptors (Lipinski definition) is 6. The molecule has 0 spiro atoms. The molecule has 0 aliphatic rings. The van der Waals surface area contributed by atoms with Gasteiger partial charge in [-0.2, -0.15) is 13.2 Å². The number of anilines is 1. The van der Waals surface area contributed by atoms with Crippen molar-refractivity contribution in [3.8, 4) is 17.1 Å². The molecule has 128 valence electrons. The molecule has 1 heterocycles. The summed E-state index contributed by atoms with van der Waals surface area (Å²) in [5.74, 6) is 5.99. The molecular formula is C14H13ClF3N5O. The molecule has 0 unspecified atom stereocenters. The lowest BCUT2D eigenvalue weighted by molar-refractivity contribution is -0.0928. The fourth-order valence-corrected chi connectivity index (χ4v) is 2.00. The smallest absolute Gasteiger partial charge is 0.432 e. The number of rotatable bonds is 4. The molecule has 0 atom stereocenters. The Morgan fingerprint density at radius 3 is 2.62 bits per heavy atom. The third-order valence-electron chi connectivity index (χ3n) is 2.97. The van der Waals surface area contributed by atoms with Gasteiger partial charge in [-0.15, -0.1) is 0 Å². The maximum absolute atomic E-state index is 12.6. The number of hydrogen-bond donors (Lipinski definition) is 2. The summed E-state index contributed by atoms with van der Waals surface area (Å²) in [7, 11) is 1.42. The van der Waals surface area contributed by atoms with Gasteiger partial charge in [-0.3, -0.25) is 5.01 Å². The third-order valence-corrected chi connectivity index (χ3v) is 3.20. The monoisotopic (exact) mass is 359 g/mol. The van der Waals surface area contributed by atoms with Crippen LogP contribution in [0, 0.1) is 0 Å². The highest BCUT2D eigenvalue weighted by atomic mass is 35.5. The van der Waals surface area contributed by atoms with E-state index in [4.69, 9.17) is 27.9 Å². The van der Waals surface area contributed by atoms with E-state index in [1.807, 2.05) is 0 Å². The zero-order valence-electron chi connectivity index (χ0n) is 12.4. The first-order valence-electron chi connectivity index (χ1n) is 6.46. The van der Waals surface area contributed by atoms with Gasteiger partial charge < -0.3 is 10.5 Å². The molecule has 0 aliphatic carbocycles. The van der Waals surface area contributed by atoms with Crippen LogP contribution in [0.3, 0.4) is 0 Å². The number of ether oxygens (including phenoxy) is 1. The average molecular weight is 360 g/mol. The number of nitrogens with two attached hydrogens (primary N) is 2. The van der Waals surface area contributed by atoms with E-state index in [1.165, 1.54) is 37.7 Å². The zero-order valence-corrected chi connectivity index (χ0v) is 13.1. The summed E-state index contributed by atoms with van der Waals surface area (Å²) >= 11 is 5.97.